The Bertz CT molecular complexity index is 2330. The van der Waals surface area contributed by atoms with Crippen LogP contribution in [0.15, 0.2) is 203 Å². The van der Waals surface area contributed by atoms with Gasteiger partial charge in [0.2, 0.25) is 23.6 Å². The number of hydrogen-bond donors (Lipinski definition) is 0. The van der Waals surface area contributed by atoms with E-state index in [-0.39, 0.29) is 0 Å². The van der Waals surface area contributed by atoms with Gasteiger partial charge in [0.05, 0.1) is 0 Å². The zero-order chi connectivity index (χ0) is 36.1. The quantitative estimate of drug-likeness (QED) is 0.139. The van der Waals surface area contributed by atoms with Gasteiger partial charge in [0.1, 0.15) is 0 Å². The highest BCUT2D eigenvalue weighted by Gasteiger charge is 2.18. The van der Waals surface area contributed by atoms with Crippen LogP contribution < -0.4 is 9.80 Å². The summed E-state index contributed by atoms with van der Waals surface area (Å²) in [6.07, 6.45) is 0. The first-order valence-electron chi connectivity index (χ1n) is 17.6. The van der Waals surface area contributed by atoms with Gasteiger partial charge in [-0.25, -0.2) is 0 Å². The molecule has 0 radical (unpaired) electrons. The van der Waals surface area contributed by atoms with Crippen molar-refractivity contribution < 1.29 is 8.83 Å². The number of para-hydroxylation sites is 4. The molecule has 0 aliphatic carbocycles. The van der Waals surface area contributed by atoms with E-state index in [1.165, 1.54) is 0 Å². The molecule has 0 saturated heterocycles. The summed E-state index contributed by atoms with van der Waals surface area (Å²) in [5, 5.41) is 17.5. The van der Waals surface area contributed by atoms with Crippen molar-refractivity contribution in [1.82, 2.24) is 20.4 Å². The van der Waals surface area contributed by atoms with E-state index in [1.54, 1.807) is 0 Å². The monoisotopic (exact) mass is 700 g/mol. The number of anilines is 6. The number of aromatic nitrogens is 4. The van der Waals surface area contributed by atoms with E-state index in [4.69, 9.17) is 8.83 Å². The summed E-state index contributed by atoms with van der Waals surface area (Å²) in [6.45, 7) is 0. The van der Waals surface area contributed by atoms with Crippen LogP contribution in [0.2, 0.25) is 0 Å². The molecule has 2 aromatic heterocycles. The van der Waals surface area contributed by atoms with Gasteiger partial charge in [-0.15, -0.1) is 20.4 Å². The molecule has 0 spiro atoms. The van der Waals surface area contributed by atoms with Crippen molar-refractivity contribution in [3.05, 3.63) is 194 Å². The Balaban J connectivity index is 0.935. The van der Waals surface area contributed by atoms with E-state index >= 15 is 0 Å². The Hall–Kier alpha value is -7.58. The topological polar surface area (TPSA) is 84.3 Å². The van der Waals surface area contributed by atoms with Crippen LogP contribution in [0.5, 0.6) is 0 Å². The fourth-order valence-corrected chi connectivity index (χ4v) is 6.41. The van der Waals surface area contributed by atoms with Crippen LogP contribution in [-0.2, 0) is 0 Å². The fourth-order valence-electron chi connectivity index (χ4n) is 6.41. The molecule has 0 aliphatic rings. The van der Waals surface area contributed by atoms with Crippen LogP contribution in [-0.4, -0.2) is 20.4 Å². The van der Waals surface area contributed by atoms with Crippen molar-refractivity contribution >= 4 is 34.1 Å². The first-order chi connectivity index (χ1) is 26.8. The maximum Gasteiger partial charge on any atom is 0.248 e. The summed E-state index contributed by atoms with van der Waals surface area (Å²) in [5.41, 5.74) is 9.42. The Morgan fingerprint density at radius 3 is 0.852 bits per heavy atom. The van der Waals surface area contributed by atoms with Gasteiger partial charge >= 0.3 is 0 Å². The van der Waals surface area contributed by atoms with Crippen LogP contribution in [0.3, 0.4) is 0 Å². The lowest BCUT2D eigenvalue weighted by Gasteiger charge is -2.25. The lowest BCUT2D eigenvalue weighted by molar-refractivity contribution is 0.582. The second-order valence-electron chi connectivity index (χ2n) is 12.5. The summed E-state index contributed by atoms with van der Waals surface area (Å²) in [6, 6.07) is 65.0. The maximum absolute atomic E-state index is 6.18. The van der Waals surface area contributed by atoms with Crippen LogP contribution >= 0.6 is 0 Å². The van der Waals surface area contributed by atoms with Gasteiger partial charge in [-0.2, -0.15) is 0 Å². The molecular weight excluding hydrogens is 669 g/mol. The van der Waals surface area contributed by atoms with Crippen LogP contribution in [0.4, 0.5) is 34.1 Å². The van der Waals surface area contributed by atoms with Crippen LogP contribution in [0, 0.1) is 0 Å². The molecule has 54 heavy (non-hydrogen) atoms. The molecule has 0 aliphatic heterocycles. The highest BCUT2D eigenvalue weighted by Crippen LogP contribution is 2.37. The third-order valence-corrected chi connectivity index (χ3v) is 9.01. The minimum Gasteiger partial charge on any atom is -0.416 e. The Kier molecular flexibility index (Phi) is 8.73. The molecule has 258 valence electrons. The average Bonchev–Trinajstić information content (AvgIpc) is 3.95. The molecule has 0 amide bonds. The molecule has 0 N–H and O–H groups in total. The van der Waals surface area contributed by atoms with E-state index in [2.05, 4.69) is 103 Å². The molecule has 0 bridgehead atoms. The fraction of sp³-hybridized carbons (Fsp3) is 0. The van der Waals surface area contributed by atoms with E-state index in [0.717, 1.165) is 56.4 Å². The van der Waals surface area contributed by atoms with Gasteiger partial charge < -0.3 is 18.6 Å². The molecular formula is C46H32N6O2. The second kappa shape index (κ2) is 14.6. The normalized spacial score (nSPS) is 11.0. The molecule has 0 atom stereocenters. The zero-order valence-corrected chi connectivity index (χ0v) is 29.0. The van der Waals surface area contributed by atoms with Gasteiger partial charge in [0.25, 0.3) is 0 Å². The molecule has 7 aromatic carbocycles. The van der Waals surface area contributed by atoms with Crippen molar-refractivity contribution in [2.75, 3.05) is 9.80 Å². The lowest BCUT2D eigenvalue weighted by atomic mass is 10.1. The maximum atomic E-state index is 6.18. The van der Waals surface area contributed by atoms with Gasteiger partial charge in [0.15, 0.2) is 0 Å². The molecule has 8 nitrogen and oxygen atoms in total. The summed E-state index contributed by atoms with van der Waals surface area (Å²) >= 11 is 0. The summed E-state index contributed by atoms with van der Waals surface area (Å²) < 4.78 is 12.4. The molecule has 0 unspecified atom stereocenters. The van der Waals surface area contributed by atoms with Crippen molar-refractivity contribution in [3.63, 3.8) is 0 Å². The van der Waals surface area contributed by atoms with Crippen molar-refractivity contribution in [1.29, 1.82) is 0 Å². The molecule has 0 saturated carbocycles. The summed E-state index contributed by atoms with van der Waals surface area (Å²) in [4.78, 5) is 4.41. The third-order valence-electron chi connectivity index (χ3n) is 9.01. The summed E-state index contributed by atoms with van der Waals surface area (Å²) in [5.74, 6) is 1.63. The molecule has 9 aromatic rings. The van der Waals surface area contributed by atoms with Crippen molar-refractivity contribution in [3.8, 4) is 45.8 Å². The van der Waals surface area contributed by atoms with Crippen LogP contribution in [0.1, 0.15) is 0 Å². The minimum atomic E-state index is 0.392. The Morgan fingerprint density at radius 2 is 0.537 bits per heavy atom. The standard InChI is InChI=1S/C46H32N6O2/c1-5-16-37(17-6-1)51(38-18-7-2-8-19-38)41-28-24-33(25-29-41)43-47-49-45(53-43)35-14-13-15-36(32-35)46-50-48-44(54-46)34-26-30-42(31-27-34)52(39-20-9-3-10-21-39)40-22-11-4-12-23-40/h1-32H. The lowest BCUT2D eigenvalue weighted by Crippen LogP contribution is -2.09. The number of rotatable bonds is 10. The Morgan fingerprint density at radius 1 is 0.259 bits per heavy atom. The number of benzene rings is 7. The van der Waals surface area contributed by atoms with Crippen molar-refractivity contribution in [2.45, 2.75) is 0 Å². The highest BCUT2D eigenvalue weighted by molar-refractivity contribution is 5.79. The summed E-state index contributed by atoms with van der Waals surface area (Å²) in [7, 11) is 0. The van der Waals surface area contributed by atoms with Gasteiger partial charge in [0, 0.05) is 56.4 Å². The van der Waals surface area contributed by atoms with E-state index in [1.807, 2.05) is 121 Å². The molecule has 8 heteroatoms. The third kappa shape index (κ3) is 6.63. The van der Waals surface area contributed by atoms with Crippen LogP contribution in [0.25, 0.3) is 45.8 Å². The SMILES string of the molecule is c1ccc(N(c2ccccc2)c2ccc(-c3nnc(-c4cccc(-c5nnc(-c6ccc(N(c7ccccc7)c7ccccc7)cc6)o5)c4)o3)cc2)cc1. The highest BCUT2D eigenvalue weighted by atomic mass is 16.4. The Labute approximate surface area is 312 Å². The molecule has 2 heterocycles. The van der Waals surface area contributed by atoms with Crippen molar-refractivity contribution in [2.24, 2.45) is 0 Å². The predicted molar refractivity (Wildman–Crippen MR) is 213 cm³/mol. The largest absolute Gasteiger partial charge is 0.416 e. The van der Waals surface area contributed by atoms with E-state index < -0.39 is 0 Å². The number of hydrogen-bond acceptors (Lipinski definition) is 8. The van der Waals surface area contributed by atoms with Gasteiger partial charge in [-0.1, -0.05) is 78.9 Å². The minimum absolute atomic E-state index is 0.392. The predicted octanol–water partition coefficient (Wildman–Crippen LogP) is 12.1. The molecule has 0 fully saturated rings. The van der Waals surface area contributed by atoms with E-state index in [9.17, 15) is 0 Å². The van der Waals surface area contributed by atoms with Gasteiger partial charge in [-0.3, -0.25) is 0 Å². The first-order valence-corrected chi connectivity index (χ1v) is 17.6. The zero-order valence-electron chi connectivity index (χ0n) is 29.0. The molecule has 9 rings (SSSR count). The van der Waals surface area contributed by atoms with Gasteiger partial charge in [-0.05, 0) is 115 Å². The first kappa shape index (κ1) is 32.3. The average molecular weight is 701 g/mol. The van der Waals surface area contributed by atoms with E-state index in [0.29, 0.717) is 23.6 Å². The smallest absolute Gasteiger partial charge is 0.248 e. The second-order valence-corrected chi connectivity index (χ2v) is 12.5. The number of nitrogens with zero attached hydrogens (tertiary/aromatic N) is 6.